The molecule has 1 rings (SSSR count). The van der Waals surface area contributed by atoms with E-state index in [-0.39, 0.29) is 17.1 Å². The number of rotatable bonds is 1. The molecule has 0 saturated heterocycles. The quantitative estimate of drug-likeness (QED) is 0.539. The zero-order chi connectivity index (χ0) is 10.9. The van der Waals surface area contributed by atoms with E-state index in [1.807, 2.05) is 20.8 Å². The zero-order valence-corrected chi connectivity index (χ0v) is 10.3. The fraction of sp³-hybridized carbons (Fsp3) is 0.625. The lowest BCUT2D eigenvalue weighted by Crippen LogP contribution is -2.37. The number of nitrogens with zero attached hydrogens (tertiary/aromatic N) is 3. The van der Waals surface area contributed by atoms with E-state index < -0.39 is 0 Å². The molecule has 1 heterocycles. The molecular weight excluding hydrogens is 214 g/mol. The Hall–Kier alpha value is -1.08. The molecule has 0 aliphatic rings. The summed E-state index contributed by atoms with van der Waals surface area (Å²) in [5.41, 5.74) is -0.225. The van der Waals surface area contributed by atoms with Gasteiger partial charge in [-0.1, -0.05) is 32.5 Å². The summed E-state index contributed by atoms with van der Waals surface area (Å²) < 4.78 is 1.04. The molecule has 86 valence electrons. The maximum atomic E-state index is 11.7. The van der Waals surface area contributed by atoms with Crippen LogP contribution in [0.25, 0.3) is 0 Å². The molecule has 5 N–H and O–H groups in total. The lowest BCUT2D eigenvalue weighted by Gasteiger charge is -2.16. The Morgan fingerprint density at radius 2 is 1.87 bits per heavy atom. The first-order valence-corrected chi connectivity index (χ1v) is 5.39. The number of nitrogen functional groups attached to an aromatic ring is 1. The summed E-state index contributed by atoms with van der Waals surface area (Å²) in [5.74, 6) is 5.57. The van der Waals surface area contributed by atoms with Crippen LogP contribution in [0.3, 0.4) is 0 Å². The molecule has 0 unspecified atom stereocenters. The summed E-state index contributed by atoms with van der Waals surface area (Å²) in [6.07, 6.45) is 1.80. The van der Waals surface area contributed by atoms with Crippen molar-refractivity contribution >= 4 is 11.8 Å². The molecule has 15 heavy (non-hydrogen) atoms. The normalized spacial score (nSPS) is 10.9. The summed E-state index contributed by atoms with van der Waals surface area (Å²) in [4.78, 5) is 11.7. The molecule has 0 radical (unpaired) electrons. The van der Waals surface area contributed by atoms with Crippen LogP contribution >= 0.6 is 11.8 Å². The molecule has 0 saturated carbocycles. The summed E-state index contributed by atoms with van der Waals surface area (Å²) in [6.45, 7) is 5.70. The first-order chi connectivity index (χ1) is 6.38. The molecule has 6 nitrogen and oxygen atoms in total. The molecule has 1 aromatic heterocycles. The van der Waals surface area contributed by atoms with Gasteiger partial charge in [-0.15, -0.1) is 10.2 Å². The maximum absolute atomic E-state index is 11.7. The van der Waals surface area contributed by atoms with Crippen molar-refractivity contribution in [2.45, 2.75) is 31.3 Å². The van der Waals surface area contributed by atoms with E-state index in [9.17, 15) is 4.79 Å². The van der Waals surface area contributed by atoms with E-state index in [4.69, 9.17) is 5.84 Å². The average Bonchev–Trinajstić information content (AvgIpc) is 2.07. The Morgan fingerprint density at radius 1 is 1.33 bits per heavy atom. The SMILES string of the molecule is CSc1nnc(C(C)(C)C)c(=O)n1N.N. The average molecular weight is 231 g/mol. The molecule has 0 aromatic carbocycles. The van der Waals surface area contributed by atoms with Gasteiger partial charge in [0, 0.05) is 5.41 Å². The van der Waals surface area contributed by atoms with Crippen molar-refractivity contribution in [3.63, 3.8) is 0 Å². The van der Waals surface area contributed by atoms with Crippen molar-refractivity contribution in [2.75, 3.05) is 12.1 Å². The minimum atomic E-state index is -0.331. The highest BCUT2D eigenvalue weighted by atomic mass is 32.2. The predicted molar refractivity (Wildman–Crippen MR) is 61.9 cm³/mol. The molecule has 0 atom stereocenters. The van der Waals surface area contributed by atoms with Gasteiger partial charge >= 0.3 is 0 Å². The minimum absolute atomic E-state index is 0. The lowest BCUT2D eigenvalue weighted by molar-refractivity contribution is 0.520. The van der Waals surface area contributed by atoms with Gasteiger partial charge < -0.3 is 12.0 Å². The molecule has 7 heteroatoms. The molecule has 0 aliphatic carbocycles. The molecule has 0 fully saturated rings. The Labute approximate surface area is 92.8 Å². The fourth-order valence-electron chi connectivity index (χ4n) is 0.995. The van der Waals surface area contributed by atoms with Crippen molar-refractivity contribution in [1.29, 1.82) is 0 Å². The largest absolute Gasteiger partial charge is 0.344 e. The zero-order valence-electron chi connectivity index (χ0n) is 9.44. The number of nitrogens with two attached hydrogens (primary N) is 1. The standard InChI is InChI=1S/C8H14N4OS.H3N/c1-8(2,3)5-6(13)12(9)7(14-4)11-10-5;/h9H2,1-4H3;1H3. The Bertz CT molecular complexity index is 395. The second-order valence-corrected chi connectivity index (χ2v) is 4.73. The molecule has 1 aromatic rings. The number of aromatic nitrogens is 3. The lowest BCUT2D eigenvalue weighted by atomic mass is 9.93. The maximum Gasteiger partial charge on any atom is 0.295 e. The van der Waals surface area contributed by atoms with Crippen LogP contribution < -0.4 is 17.6 Å². The highest BCUT2D eigenvalue weighted by Crippen LogP contribution is 2.16. The van der Waals surface area contributed by atoms with Gasteiger partial charge in [-0.3, -0.25) is 4.79 Å². The molecule has 0 amide bonds. The van der Waals surface area contributed by atoms with Crippen LogP contribution in [0.1, 0.15) is 26.5 Å². The predicted octanol–water partition coefficient (Wildman–Crippen LogP) is 0.533. The van der Waals surface area contributed by atoms with Gasteiger partial charge in [0.2, 0.25) is 5.16 Å². The first-order valence-electron chi connectivity index (χ1n) is 4.17. The molecule has 0 bridgehead atoms. The number of hydrogen-bond donors (Lipinski definition) is 2. The van der Waals surface area contributed by atoms with Crippen molar-refractivity contribution in [1.82, 2.24) is 21.0 Å². The summed E-state index contributed by atoms with van der Waals surface area (Å²) in [6, 6.07) is 0. The van der Waals surface area contributed by atoms with E-state index >= 15 is 0 Å². The monoisotopic (exact) mass is 231 g/mol. The third-order valence-electron chi connectivity index (χ3n) is 1.76. The van der Waals surface area contributed by atoms with Gasteiger partial charge in [0.25, 0.3) is 5.56 Å². The van der Waals surface area contributed by atoms with Crippen molar-refractivity contribution < 1.29 is 0 Å². The highest BCUT2D eigenvalue weighted by Gasteiger charge is 2.22. The van der Waals surface area contributed by atoms with E-state index in [1.54, 1.807) is 6.26 Å². The van der Waals surface area contributed by atoms with Gasteiger partial charge in [-0.05, 0) is 6.26 Å². The summed E-state index contributed by atoms with van der Waals surface area (Å²) >= 11 is 1.29. The molecule has 0 aliphatic heterocycles. The van der Waals surface area contributed by atoms with E-state index in [1.165, 1.54) is 11.8 Å². The van der Waals surface area contributed by atoms with E-state index in [2.05, 4.69) is 10.2 Å². The van der Waals surface area contributed by atoms with Crippen LogP contribution in [-0.2, 0) is 5.41 Å². The topological polar surface area (TPSA) is 109 Å². The van der Waals surface area contributed by atoms with E-state index in [0.29, 0.717) is 10.9 Å². The second kappa shape index (κ2) is 4.63. The van der Waals surface area contributed by atoms with E-state index in [0.717, 1.165) is 4.68 Å². The van der Waals surface area contributed by atoms with Gasteiger partial charge in [-0.25, -0.2) is 0 Å². The van der Waals surface area contributed by atoms with Crippen LogP contribution in [-0.4, -0.2) is 21.1 Å². The van der Waals surface area contributed by atoms with Crippen LogP contribution in [0.5, 0.6) is 0 Å². The Balaban J connectivity index is 0.00000196. The third kappa shape index (κ3) is 2.69. The Kier molecular flexibility index (Phi) is 4.29. The van der Waals surface area contributed by atoms with Crippen LogP contribution in [0.4, 0.5) is 0 Å². The molecule has 0 spiro atoms. The highest BCUT2D eigenvalue weighted by molar-refractivity contribution is 7.98. The van der Waals surface area contributed by atoms with Crippen LogP contribution in [0.2, 0.25) is 0 Å². The van der Waals surface area contributed by atoms with Crippen molar-refractivity contribution in [2.24, 2.45) is 0 Å². The van der Waals surface area contributed by atoms with Gasteiger partial charge in [0.15, 0.2) is 0 Å². The van der Waals surface area contributed by atoms with Crippen molar-refractivity contribution in [3.8, 4) is 0 Å². The van der Waals surface area contributed by atoms with Gasteiger partial charge in [0.1, 0.15) is 5.69 Å². The smallest absolute Gasteiger partial charge is 0.295 e. The summed E-state index contributed by atoms with van der Waals surface area (Å²) in [5, 5.41) is 8.19. The van der Waals surface area contributed by atoms with Gasteiger partial charge in [-0.2, -0.15) is 4.68 Å². The minimum Gasteiger partial charge on any atom is -0.344 e. The summed E-state index contributed by atoms with van der Waals surface area (Å²) in [7, 11) is 0. The third-order valence-corrected chi connectivity index (χ3v) is 2.40. The number of thioether (sulfide) groups is 1. The molecular formula is C8H17N5OS. The van der Waals surface area contributed by atoms with Crippen LogP contribution in [0.15, 0.2) is 9.95 Å². The number of hydrogen-bond acceptors (Lipinski definition) is 6. The van der Waals surface area contributed by atoms with Gasteiger partial charge in [0.05, 0.1) is 0 Å². The van der Waals surface area contributed by atoms with Crippen molar-refractivity contribution in [3.05, 3.63) is 16.0 Å². The Morgan fingerprint density at radius 3 is 2.27 bits per heavy atom. The second-order valence-electron chi connectivity index (χ2n) is 3.96. The van der Waals surface area contributed by atoms with Crippen LogP contribution in [0, 0.1) is 0 Å². The fourth-order valence-corrected chi connectivity index (χ4v) is 1.40. The first kappa shape index (κ1) is 13.9.